The highest BCUT2D eigenvalue weighted by Crippen LogP contribution is 1.81. The highest BCUT2D eigenvalue weighted by Gasteiger charge is 2.05. The first-order chi connectivity index (χ1) is 6.15. The van der Waals surface area contributed by atoms with E-state index in [9.17, 15) is 4.79 Å². The summed E-state index contributed by atoms with van der Waals surface area (Å²) < 4.78 is 0. The van der Waals surface area contributed by atoms with Gasteiger partial charge in [-0.15, -0.1) is 0 Å². The molecule has 0 rings (SSSR count). The first-order valence-electron chi connectivity index (χ1n) is 4.06. The van der Waals surface area contributed by atoms with Gasteiger partial charge in [0, 0.05) is 20.6 Å². The Morgan fingerprint density at radius 2 is 2.23 bits per heavy atom. The number of carbonyl (C=O) groups is 1. The van der Waals surface area contributed by atoms with Gasteiger partial charge < -0.3 is 10.2 Å². The van der Waals surface area contributed by atoms with E-state index in [2.05, 4.69) is 15.7 Å². The van der Waals surface area contributed by atoms with Crippen LogP contribution in [0.3, 0.4) is 0 Å². The molecule has 0 aliphatic rings. The van der Waals surface area contributed by atoms with Crippen molar-refractivity contribution in [2.24, 2.45) is 10.8 Å². The third kappa shape index (κ3) is 4.32. The summed E-state index contributed by atoms with van der Waals surface area (Å²) in [6.07, 6.45) is 0. The van der Waals surface area contributed by atoms with Crippen molar-refractivity contribution in [1.82, 2.24) is 15.6 Å². The zero-order chi connectivity index (χ0) is 10.3. The van der Waals surface area contributed by atoms with Crippen molar-refractivity contribution in [3.8, 4) is 0 Å². The summed E-state index contributed by atoms with van der Waals surface area (Å²) in [5.41, 5.74) is 2.33. The highest BCUT2D eigenvalue weighted by molar-refractivity contribution is 5.85. The van der Waals surface area contributed by atoms with Crippen molar-refractivity contribution in [2.45, 2.75) is 6.92 Å². The lowest BCUT2D eigenvalue weighted by Crippen LogP contribution is -2.46. The average molecular weight is 187 g/mol. The molecule has 0 atom stereocenters. The van der Waals surface area contributed by atoms with E-state index in [0.717, 1.165) is 0 Å². The summed E-state index contributed by atoms with van der Waals surface area (Å²) in [6.45, 7) is 2.80. The van der Waals surface area contributed by atoms with Crippen LogP contribution in [0.5, 0.6) is 0 Å². The maximum atomic E-state index is 11.3. The smallest absolute Gasteiger partial charge is 0.241 e. The van der Waals surface area contributed by atoms with Crippen molar-refractivity contribution >= 4 is 11.9 Å². The molecule has 0 aromatic heterocycles. The number of amides is 1. The number of nitrogens with one attached hydrogen (secondary N) is 2. The fourth-order valence-corrected chi connectivity index (χ4v) is 0.665. The van der Waals surface area contributed by atoms with Crippen LogP contribution in [0.2, 0.25) is 0 Å². The molecule has 6 nitrogen and oxygen atoms in total. The lowest BCUT2D eigenvalue weighted by molar-refractivity contribution is -0.128. The van der Waals surface area contributed by atoms with Gasteiger partial charge in [0.2, 0.25) is 11.9 Å². The van der Waals surface area contributed by atoms with Crippen molar-refractivity contribution in [1.29, 1.82) is 0 Å². The summed E-state index contributed by atoms with van der Waals surface area (Å²) in [5, 5.41) is 2.76. The maximum absolute atomic E-state index is 11.3. The van der Waals surface area contributed by atoms with Crippen LogP contribution in [0.25, 0.3) is 0 Å². The number of nitrogens with two attached hydrogens (primary N) is 1. The Bertz CT molecular complexity index is 191. The second kappa shape index (κ2) is 6.24. The standard InChI is InChI=1S/C7H17N5O/c1-4-12(3)6(13)5-10-7(9-2)11-8/h4-5,8H2,1-3H3,(H2,9,10,11). The Balaban J connectivity index is 3.82. The van der Waals surface area contributed by atoms with E-state index in [1.807, 2.05) is 6.92 Å². The van der Waals surface area contributed by atoms with Crippen molar-refractivity contribution in [3.63, 3.8) is 0 Å². The van der Waals surface area contributed by atoms with E-state index in [-0.39, 0.29) is 12.5 Å². The minimum Gasteiger partial charge on any atom is -0.346 e. The van der Waals surface area contributed by atoms with Gasteiger partial charge in [0.15, 0.2) is 0 Å². The molecule has 0 aromatic carbocycles. The lowest BCUT2D eigenvalue weighted by atomic mass is 10.5. The number of carbonyl (C=O) groups excluding carboxylic acids is 1. The summed E-state index contributed by atoms with van der Waals surface area (Å²) in [7, 11) is 3.32. The summed E-state index contributed by atoms with van der Waals surface area (Å²) in [6, 6.07) is 0. The number of hydrogen-bond donors (Lipinski definition) is 3. The molecule has 1 amide bonds. The SMILES string of the molecule is CCN(C)C(=O)CNC(=NC)NN. The fourth-order valence-electron chi connectivity index (χ4n) is 0.665. The third-order valence-corrected chi connectivity index (χ3v) is 1.67. The van der Waals surface area contributed by atoms with Crippen LogP contribution in [0, 0.1) is 0 Å². The van der Waals surface area contributed by atoms with Gasteiger partial charge in [0.25, 0.3) is 0 Å². The summed E-state index contributed by atoms with van der Waals surface area (Å²) in [5.74, 6) is 5.51. The second-order valence-corrected chi connectivity index (χ2v) is 2.48. The van der Waals surface area contributed by atoms with E-state index in [4.69, 9.17) is 5.84 Å². The van der Waals surface area contributed by atoms with E-state index >= 15 is 0 Å². The van der Waals surface area contributed by atoms with Crippen LogP contribution in [-0.2, 0) is 4.79 Å². The van der Waals surface area contributed by atoms with Crippen molar-refractivity contribution in [2.75, 3.05) is 27.2 Å². The van der Waals surface area contributed by atoms with E-state index < -0.39 is 0 Å². The molecule has 6 heteroatoms. The molecule has 0 spiro atoms. The summed E-state index contributed by atoms with van der Waals surface area (Å²) in [4.78, 5) is 16.6. The van der Waals surface area contributed by atoms with Gasteiger partial charge in [-0.25, -0.2) is 5.84 Å². The molecular formula is C7H17N5O. The first-order valence-corrected chi connectivity index (χ1v) is 4.06. The normalized spacial score (nSPS) is 10.9. The van der Waals surface area contributed by atoms with Gasteiger partial charge in [0.05, 0.1) is 6.54 Å². The molecule has 0 unspecified atom stereocenters. The Morgan fingerprint density at radius 1 is 1.62 bits per heavy atom. The molecule has 0 aliphatic heterocycles. The predicted octanol–water partition coefficient (Wildman–Crippen LogP) is -1.50. The average Bonchev–Trinajstić information content (AvgIpc) is 2.17. The second-order valence-electron chi connectivity index (χ2n) is 2.48. The van der Waals surface area contributed by atoms with Gasteiger partial charge in [0.1, 0.15) is 0 Å². The molecule has 4 N–H and O–H groups in total. The number of hydrogen-bond acceptors (Lipinski definition) is 3. The van der Waals surface area contributed by atoms with Gasteiger partial charge in [-0.05, 0) is 6.92 Å². The number of aliphatic imine (C=N–C) groups is 1. The maximum Gasteiger partial charge on any atom is 0.241 e. The topological polar surface area (TPSA) is 82.8 Å². The van der Waals surface area contributed by atoms with Crippen molar-refractivity contribution < 1.29 is 4.79 Å². The van der Waals surface area contributed by atoms with Crippen LogP contribution in [0.15, 0.2) is 4.99 Å². The van der Waals surface area contributed by atoms with Crippen LogP contribution in [0.4, 0.5) is 0 Å². The molecular weight excluding hydrogens is 170 g/mol. The molecule has 0 aliphatic carbocycles. The molecule has 0 radical (unpaired) electrons. The minimum atomic E-state index is -0.00102. The molecule has 0 aromatic rings. The number of guanidine groups is 1. The zero-order valence-electron chi connectivity index (χ0n) is 8.29. The molecule has 76 valence electrons. The van der Waals surface area contributed by atoms with Crippen LogP contribution >= 0.6 is 0 Å². The largest absolute Gasteiger partial charge is 0.346 e. The molecule has 0 saturated carbocycles. The Kier molecular flexibility index (Phi) is 5.62. The highest BCUT2D eigenvalue weighted by atomic mass is 16.2. The molecule has 0 fully saturated rings. The quantitative estimate of drug-likeness (QED) is 0.217. The molecule has 0 saturated heterocycles. The van der Waals surface area contributed by atoms with Gasteiger partial charge in [-0.1, -0.05) is 0 Å². The van der Waals surface area contributed by atoms with Crippen LogP contribution in [-0.4, -0.2) is 44.0 Å². The third-order valence-electron chi connectivity index (χ3n) is 1.67. The molecule has 0 bridgehead atoms. The number of rotatable bonds is 3. The lowest BCUT2D eigenvalue weighted by Gasteiger charge is -2.15. The Labute approximate surface area is 78.2 Å². The van der Waals surface area contributed by atoms with E-state index in [1.165, 1.54) is 0 Å². The Morgan fingerprint density at radius 3 is 2.62 bits per heavy atom. The monoisotopic (exact) mass is 187 g/mol. The van der Waals surface area contributed by atoms with Gasteiger partial charge in [-0.2, -0.15) is 0 Å². The number of hydrazine groups is 1. The van der Waals surface area contributed by atoms with Crippen LogP contribution in [0.1, 0.15) is 6.92 Å². The Hall–Kier alpha value is -1.30. The zero-order valence-corrected chi connectivity index (χ0v) is 8.29. The van der Waals surface area contributed by atoms with E-state index in [0.29, 0.717) is 12.5 Å². The van der Waals surface area contributed by atoms with Gasteiger partial charge >= 0.3 is 0 Å². The number of likely N-dealkylation sites (N-methyl/N-ethyl adjacent to an activating group) is 1. The predicted molar refractivity (Wildman–Crippen MR) is 52.0 cm³/mol. The minimum absolute atomic E-state index is 0.00102. The van der Waals surface area contributed by atoms with Gasteiger partial charge in [-0.3, -0.25) is 15.2 Å². The van der Waals surface area contributed by atoms with Crippen LogP contribution < -0.4 is 16.6 Å². The molecule has 0 heterocycles. The first kappa shape index (κ1) is 11.7. The molecule has 13 heavy (non-hydrogen) atoms. The summed E-state index contributed by atoms with van der Waals surface area (Å²) >= 11 is 0. The van der Waals surface area contributed by atoms with Crippen molar-refractivity contribution in [3.05, 3.63) is 0 Å². The number of nitrogens with zero attached hydrogens (tertiary/aromatic N) is 2. The van der Waals surface area contributed by atoms with E-state index in [1.54, 1.807) is 19.0 Å². The fraction of sp³-hybridized carbons (Fsp3) is 0.714.